The van der Waals surface area contributed by atoms with Crippen LogP contribution in [0.1, 0.15) is 12.8 Å². The van der Waals surface area contributed by atoms with Crippen LogP contribution in [0.4, 0.5) is 5.82 Å². The summed E-state index contributed by atoms with van der Waals surface area (Å²) in [5.41, 5.74) is 11.2. The third-order valence-electron chi connectivity index (χ3n) is 5.87. The molecule has 0 aliphatic carbocycles. The summed E-state index contributed by atoms with van der Waals surface area (Å²) in [6.45, 7) is 1.79. The molecule has 1 aliphatic rings. The number of nitrogens with one attached hydrogen (secondary N) is 1. The van der Waals surface area contributed by atoms with Crippen LogP contribution >= 0.6 is 0 Å². The van der Waals surface area contributed by atoms with Crippen LogP contribution in [0.15, 0.2) is 55.4 Å². The summed E-state index contributed by atoms with van der Waals surface area (Å²) in [4.78, 5) is 20.4. The van der Waals surface area contributed by atoms with Crippen LogP contribution in [-0.2, 0) is 0 Å². The maximum absolute atomic E-state index is 6.04. The summed E-state index contributed by atoms with van der Waals surface area (Å²) < 4.78 is 1.96. The van der Waals surface area contributed by atoms with E-state index < -0.39 is 0 Å². The molecule has 1 saturated heterocycles. The standard InChI is InChI=1S/C22H21N9/c23-15-3-6-30(7-4-15)21-11-24-10-18(27-21)22-16-9-14(1-2-17(16)28-29-22)19-13-31-8-5-25-20(31)12-26-19/h1-2,5,8-13,15H,3-4,6-7,23H2,(H,28,29). The number of fused-ring (bicyclic) bond motifs is 2. The molecule has 154 valence electrons. The Balaban J connectivity index is 1.39. The molecule has 1 aliphatic heterocycles. The molecular formula is C22H21N9. The molecule has 0 radical (unpaired) electrons. The van der Waals surface area contributed by atoms with Gasteiger partial charge in [-0.05, 0) is 25.0 Å². The van der Waals surface area contributed by atoms with Gasteiger partial charge in [0.1, 0.15) is 17.2 Å². The second-order valence-electron chi connectivity index (χ2n) is 7.88. The van der Waals surface area contributed by atoms with Crippen molar-refractivity contribution in [2.75, 3.05) is 18.0 Å². The van der Waals surface area contributed by atoms with Gasteiger partial charge in [-0.1, -0.05) is 6.07 Å². The first-order valence-electron chi connectivity index (χ1n) is 10.3. The van der Waals surface area contributed by atoms with Crippen molar-refractivity contribution in [3.8, 4) is 22.6 Å². The Kier molecular flexibility index (Phi) is 4.13. The van der Waals surface area contributed by atoms with Crippen LogP contribution in [0.3, 0.4) is 0 Å². The van der Waals surface area contributed by atoms with E-state index in [2.05, 4.69) is 36.1 Å². The number of piperidine rings is 1. The zero-order valence-electron chi connectivity index (χ0n) is 16.8. The molecule has 0 bridgehead atoms. The molecule has 4 aromatic heterocycles. The molecule has 0 atom stereocenters. The fourth-order valence-corrected chi connectivity index (χ4v) is 4.09. The zero-order chi connectivity index (χ0) is 20.8. The molecule has 31 heavy (non-hydrogen) atoms. The molecule has 0 spiro atoms. The summed E-state index contributed by atoms with van der Waals surface area (Å²) in [7, 11) is 0. The van der Waals surface area contributed by atoms with E-state index in [1.54, 1.807) is 18.6 Å². The van der Waals surface area contributed by atoms with E-state index in [9.17, 15) is 0 Å². The van der Waals surface area contributed by atoms with Gasteiger partial charge in [0.2, 0.25) is 0 Å². The van der Waals surface area contributed by atoms with E-state index >= 15 is 0 Å². The van der Waals surface area contributed by atoms with Gasteiger partial charge < -0.3 is 15.0 Å². The summed E-state index contributed by atoms with van der Waals surface area (Å²) >= 11 is 0. The summed E-state index contributed by atoms with van der Waals surface area (Å²) in [5.74, 6) is 0.865. The van der Waals surface area contributed by atoms with E-state index in [0.717, 1.165) is 70.9 Å². The van der Waals surface area contributed by atoms with Crippen molar-refractivity contribution >= 4 is 22.4 Å². The molecule has 3 N–H and O–H groups in total. The topological polar surface area (TPSA) is 114 Å². The number of hydrogen-bond donors (Lipinski definition) is 2. The van der Waals surface area contributed by atoms with E-state index in [1.165, 1.54) is 0 Å². The number of aromatic amines is 1. The molecule has 5 heterocycles. The van der Waals surface area contributed by atoms with Crippen molar-refractivity contribution in [2.45, 2.75) is 18.9 Å². The third-order valence-corrected chi connectivity index (χ3v) is 5.87. The van der Waals surface area contributed by atoms with Gasteiger partial charge in [-0.25, -0.2) is 9.97 Å². The highest BCUT2D eigenvalue weighted by Gasteiger charge is 2.19. The number of benzene rings is 1. The maximum atomic E-state index is 6.04. The number of nitrogens with zero attached hydrogens (tertiary/aromatic N) is 7. The minimum absolute atomic E-state index is 0.274. The Hall–Kier alpha value is -3.85. The van der Waals surface area contributed by atoms with Crippen LogP contribution in [0.2, 0.25) is 0 Å². The molecule has 6 rings (SSSR count). The number of rotatable bonds is 3. The van der Waals surface area contributed by atoms with E-state index in [-0.39, 0.29) is 6.04 Å². The van der Waals surface area contributed by atoms with Gasteiger partial charge in [0.25, 0.3) is 0 Å². The van der Waals surface area contributed by atoms with Gasteiger partial charge in [0.05, 0.1) is 29.8 Å². The van der Waals surface area contributed by atoms with Crippen molar-refractivity contribution in [1.82, 2.24) is 34.5 Å². The van der Waals surface area contributed by atoms with Crippen molar-refractivity contribution in [3.63, 3.8) is 0 Å². The SMILES string of the molecule is NC1CCN(c2cncc(-c3n[nH]c4ccc(-c5cn6ccnc6cn5)cc34)n2)CC1. The smallest absolute Gasteiger partial charge is 0.155 e. The fourth-order valence-electron chi connectivity index (χ4n) is 4.09. The quantitative estimate of drug-likeness (QED) is 0.469. The first-order chi connectivity index (χ1) is 15.2. The molecule has 0 saturated carbocycles. The molecule has 9 heteroatoms. The molecule has 1 fully saturated rings. The Morgan fingerprint density at radius 3 is 2.84 bits per heavy atom. The van der Waals surface area contributed by atoms with Crippen molar-refractivity contribution < 1.29 is 0 Å². The molecule has 0 unspecified atom stereocenters. The van der Waals surface area contributed by atoms with Crippen LogP contribution in [0.5, 0.6) is 0 Å². The Bertz CT molecular complexity index is 1380. The lowest BCUT2D eigenvalue weighted by atomic mass is 10.1. The van der Waals surface area contributed by atoms with Gasteiger partial charge >= 0.3 is 0 Å². The monoisotopic (exact) mass is 411 g/mol. The summed E-state index contributed by atoms with van der Waals surface area (Å²) in [6.07, 6.45) is 12.9. The molecule has 9 nitrogen and oxygen atoms in total. The lowest BCUT2D eigenvalue weighted by Crippen LogP contribution is -2.40. The largest absolute Gasteiger partial charge is 0.355 e. The Morgan fingerprint density at radius 1 is 1.03 bits per heavy atom. The molecular weight excluding hydrogens is 390 g/mol. The van der Waals surface area contributed by atoms with Crippen molar-refractivity contribution in [2.24, 2.45) is 5.73 Å². The number of imidazole rings is 1. The van der Waals surface area contributed by atoms with Crippen LogP contribution in [0, 0.1) is 0 Å². The van der Waals surface area contributed by atoms with Crippen molar-refractivity contribution in [3.05, 3.63) is 55.4 Å². The second kappa shape index (κ2) is 7.13. The normalized spacial score (nSPS) is 15.2. The average molecular weight is 411 g/mol. The van der Waals surface area contributed by atoms with Gasteiger partial charge in [-0.2, -0.15) is 5.10 Å². The molecule has 1 aromatic carbocycles. The number of aromatic nitrogens is 7. The number of H-pyrrole nitrogens is 1. The summed E-state index contributed by atoms with van der Waals surface area (Å²) in [5, 5.41) is 8.63. The lowest BCUT2D eigenvalue weighted by Gasteiger charge is -2.30. The Morgan fingerprint density at radius 2 is 1.94 bits per heavy atom. The second-order valence-corrected chi connectivity index (χ2v) is 7.88. The minimum Gasteiger partial charge on any atom is -0.355 e. The van der Waals surface area contributed by atoms with Crippen LogP contribution < -0.4 is 10.6 Å². The van der Waals surface area contributed by atoms with Crippen molar-refractivity contribution in [1.29, 1.82) is 0 Å². The van der Waals surface area contributed by atoms with Gasteiger partial charge in [0.15, 0.2) is 5.65 Å². The Labute approximate surface area is 178 Å². The predicted molar refractivity (Wildman–Crippen MR) is 119 cm³/mol. The van der Waals surface area contributed by atoms with E-state index in [1.807, 2.05) is 35.1 Å². The average Bonchev–Trinajstić information content (AvgIpc) is 3.45. The first kappa shape index (κ1) is 18.0. The first-order valence-corrected chi connectivity index (χ1v) is 10.3. The molecule has 5 aromatic rings. The highest BCUT2D eigenvalue weighted by Crippen LogP contribution is 2.30. The summed E-state index contributed by atoms with van der Waals surface area (Å²) in [6, 6.07) is 6.42. The van der Waals surface area contributed by atoms with Crippen LogP contribution in [-0.4, -0.2) is 53.7 Å². The molecule has 0 amide bonds. The predicted octanol–water partition coefficient (Wildman–Crippen LogP) is 2.66. The number of anilines is 1. The number of nitrogens with two attached hydrogens (primary N) is 1. The van der Waals surface area contributed by atoms with Gasteiger partial charge in [0, 0.05) is 48.7 Å². The third kappa shape index (κ3) is 3.19. The van der Waals surface area contributed by atoms with Gasteiger partial charge in [-0.15, -0.1) is 0 Å². The minimum atomic E-state index is 0.274. The lowest BCUT2D eigenvalue weighted by molar-refractivity contribution is 0.498. The van der Waals surface area contributed by atoms with E-state index in [0.29, 0.717) is 0 Å². The highest BCUT2D eigenvalue weighted by molar-refractivity contribution is 5.94. The van der Waals surface area contributed by atoms with Crippen LogP contribution in [0.25, 0.3) is 39.2 Å². The maximum Gasteiger partial charge on any atom is 0.155 e. The highest BCUT2D eigenvalue weighted by atomic mass is 15.2. The number of hydrogen-bond acceptors (Lipinski definition) is 7. The van der Waals surface area contributed by atoms with Gasteiger partial charge in [-0.3, -0.25) is 15.1 Å². The fraction of sp³-hybridized carbons (Fsp3) is 0.227. The zero-order valence-corrected chi connectivity index (χ0v) is 16.8. The van der Waals surface area contributed by atoms with E-state index in [4.69, 9.17) is 10.7 Å².